The van der Waals surface area contributed by atoms with Gasteiger partial charge >= 0.3 is 0 Å². The van der Waals surface area contributed by atoms with Crippen LogP contribution in [0, 0.1) is 5.82 Å². The molecule has 1 aromatic heterocycles. The number of benzene rings is 2. The van der Waals surface area contributed by atoms with Crippen LogP contribution in [0.25, 0.3) is 0 Å². The first-order chi connectivity index (χ1) is 14.0. The van der Waals surface area contributed by atoms with E-state index in [0.29, 0.717) is 24.0 Å². The number of nitrogens with one attached hydrogen (secondary N) is 1. The van der Waals surface area contributed by atoms with Crippen molar-refractivity contribution in [1.29, 1.82) is 0 Å². The smallest absolute Gasteiger partial charge is 0.229 e. The third-order valence-corrected chi connectivity index (χ3v) is 5.60. The molecule has 2 heterocycles. The number of hydrogen-bond donors (Lipinski definition) is 1. The lowest BCUT2D eigenvalue weighted by Gasteiger charge is -2.32. The summed E-state index contributed by atoms with van der Waals surface area (Å²) in [5, 5.41) is 12.1. The van der Waals surface area contributed by atoms with Gasteiger partial charge in [0.2, 0.25) is 5.95 Å². The molecule has 1 atom stereocenters. The summed E-state index contributed by atoms with van der Waals surface area (Å²) in [5.74, 6) is 2.42. The molecule has 1 unspecified atom stereocenters. The van der Waals surface area contributed by atoms with Crippen LogP contribution in [-0.4, -0.2) is 47.5 Å². The molecule has 9 heteroatoms. The second kappa shape index (κ2) is 8.00. The fraction of sp³-hybridized carbons (Fsp3) is 0.300. The summed E-state index contributed by atoms with van der Waals surface area (Å²) in [6, 6.07) is 10.2. The molecule has 0 saturated heterocycles. The average Bonchev–Trinajstić information content (AvgIpc) is 3.11. The minimum atomic E-state index is -0.255. The van der Waals surface area contributed by atoms with Crippen molar-refractivity contribution >= 4 is 27.6 Å². The van der Waals surface area contributed by atoms with Gasteiger partial charge in [0, 0.05) is 23.2 Å². The van der Waals surface area contributed by atoms with Crippen molar-refractivity contribution in [2.75, 3.05) is 33.1 Å². The molecule has 7 nitrogen and oxygen atoms in total. The fourth-order valence-corrected chi connectivity index (χ4v) is 3.96. The van der Waals surface area contributed by atoms with E-state index >= 15 is 0 Å². The SMILES string of the molecule is COc1cc(Br)c(Nc2nnc3n2C(c2ccc(F)cc2)CN(C)C3)cc1OC. The zero-order chi connectivity index (χ0) is 20.5. The van der Waals surface area contributed by atoms with E-state index in [1.165, 1.54) is 12.1 Å². The summed E-state index contributed by atoms with van der Waals surface area (Å²) >= 11 is 3.57. The zero-order valence-corrected chi connectivity index (χ0v) is 17.9. The maximum Gasteiger partial charge on any atom is 0.229 e. The van der Waals surface area contributed by atoms with Gasteiger partial charge in [-0.05, 0) is 40.7 Å². The van der Waals surface area contributed by atoms with Gasteiger partial charge in [0.15, 0.2) is 11.5 Å². The highest BCUT2D eigenvalue weighted by Crippen LogP contribution is 2.38. The molecule has 0 radical (unpaired) electrons. The number of ether oxygens (including phenoxy) is 2. The highest BCUT2D eigenvalue weighted by atomic mass is 79.9. The molecular formula is C20H21BrFN5O2. The Morgan fingerprint density at radius 1 is 1.10 bits per heavy atom. The largest absolute Gasteiger partial charge is 0.493 e. The van der Waals surface area contributed by atoms with Crippen molar-refractivity contribution < 1.29 is 13.9 Å². The number of hydrogen-bond acceptors (Lipinski definition) is 6. The molecule has 1 aliphatic rings. The predicted octanol–water partition coefficient (Wildman–Crippen LogP) is 3.98. The van der Waals surface area contributed by atoms with Crippen LogP contribution < -0.4 is 14.8 Å². The lowest BCUT2D eigenvalue weighted by atomic mass is 10.0. The van der Waals surface area contributed by atoms with Crippen molar-refractivity contribution in [2.45, 2.75) is 12.6 Å². The molecule has 0 spiro atoms. The van der Waals surface area contributed by atoms with E-state index in [1.807, 2.05) is 19.2 Å². The maximum atomic E-state index is 13.4. The van der Waals surface area contributed by atoms with Gasteiger partial charge in [0.1, 0.15) is 11.6 Å². The minimum Gasteiger partial charge on any atom is -0.493 e. The molecule has 0 aliphatic carbocycles. The van der Waals surface area contributed by atoms with Crippen LogP contribution in [-0.2, 0) is 6.54 Å². The van der Waals surface area contributed by atoms with E-state index in [2.05, 4.69) is 40.9 Å². The second-order valence-corrected chi connectivity index (χ2v) is 7.74. The predicted molar refractivity (Wildman–Crippen MR) is 111 cm³/mol. The summed E-state index contributed by atoms with van der Waals surface area (Å²) in [6.07, 6.45) is 0. The molecule has 0 bridgehead atoms. The van der Waals surface area contributed by atoms with Crippen molar-refractivity contribution in [3.63, 3.8) is 0 Å². The molecule has 152 valence electrons. The second-order valence-electron chi connectivity index (χ2n) is 6.89. The molecule has 4 rings (SSSR count). The molecule has 1 aliphatic heterocycles. The van der Waals surface area contributed by atoms with Gasteiger partial charge in [-0.1, -0.05) is 12.1 Å². The number of rotatable bonds is 5. The first kappa shape index (κ1) is 19.7. The molecule has 0 fully saturated rings. The van der Waals surface area contributed by atoms with Gasteiger partial charge < -0.3 is 14.8 Å². The van der Waals surface area contributed by atoms with Gasteiger partial charge in [-0.2, -0.15) is 0 Å². The van der Waals surface area contributed by atoms with Crippen LogP contribution in [0.15, 0.2) is 40.9 Å². The zero-order valence-electron chi connectivity index (χ0n) is 16.3. The van der Waals surface area contributed by atoms with Gasteiger partial charge in [-0.15, -0.1) is 10.2 Å². The van der Waals surface area contributed by atoms with Crippen molar-refractivity contribution in [2.24, 2.45) is 0 Å². The Kier molecular flexibility index (Phi) is 5.42. The third-order valence-electron chi connectivity index (χ3n) is 4.95. The Bertz CT molecular complexity index is 1020. The minimum absolute atomic E-state index is 0.0410. The molecule has 29 heavy (non-hydrogen) atoms. The van der Waals surface area contributed by atoms with Crippen molar-refractivity contribution in [3.05, 3.63) is 58.1 Å². The highest BCUT2D eigenvalue weighted by molar-refractivity contribution is 9.10. The summed E-state index contributed by atoms with van der Waals surface area (Å²) in [4.78, 5) is 2.17. The number of nitrogens with zero attached hydrogens (tertiary/aromatic N) is 4. The molecule has 0 saturated carbocycles. The quantitative estimate of drug-likeness (QED) is 0.619. The summed E-state index contributed by atoms with van der Waals surface area (Å²) < 4.78 is 27.1. The monoisotopic (exact) mass is 461 g/mol. The maximum absolute atomic E-state index is 13.4. The standard InChI is InChI=1S/C20H21BrFN5O2/c1-26-10-16(12-4-6-13(22)7-5-12)27-19(11-26)24-25-20(27)23-15-9-18(29-3)17(28-2)8-14(15)21/h4-9,16H,10-11H2,1-3H3,(H,23,25). The first-order valence-corrected chi connectivity index (χ1v) is 9.85. The Balaban J connectivity index is 1.74. The summed E-state index contributed by atoms with van der Waals surface area (Å²) in [7, 11) is 5.22. The average molecular weight is 462 g/mol. The number of likely N-dealkylation sites (N-methyl/N-ethyl adjacent to an activating group) is 1. The number of aromatic nitrogens is 3. The van der Waals surface area contributed by atoms with Crippen molar-refractivity contribution in [3.8, 4) is 11.5 Å². The van der Waals surface area contributed by atoms with Crippen LogP contribution in [0.2, 0.25) is 0 Å². The Morgan fingerprint density at radius 2 is 1.79 bits per heavy atom. The summed E-state index contributed by atoms with van der Waals surface area (Å²) in [5.41, 5.74) is 1.77. The van der Waals surface area contributed by atoms with Crippen LogP contribution in [0.3, 0.4) is 0 Å². The first-order valence-electron chi connectivity index (χ1n) is 9.06. The van der Waals surface area contributed by atoms with Crippen molar-refractivity contribution in [1.82, 2.24) is 19.7 Å². The van der Waals surface area contributed by atoms with E-state index in [-0.39, 0.29) is 11.9 Å². The number of fused-ring (bicyclic) bond motifs is 1. The lowest BCUT2D eigenvalue weighted by molar-refractivity contribution is 0.240. The van der Waals surface area contributed by atoms with Gasteiger partial charge in [-0.25, -0.2) is 4.39 Å². The number of anilines is 2. The molecule has 1 N–H and O–H groups in total. The number of halogens is 2. The van der Waals surface area contributed by atoms with E-state index in [4.69, 9.17) is 9.47 Å². The third kappa shape index (κ3) is 3.79. The Labute approximate surface area is 176 Å². The molecule has 0 amide bonds. The highest BCUT2D eigenvalue weighted by Gasteiger charge is 2.29. The molecule has 2 aromatic carbocycles. The normalized spacial score (nSPS) is 16.4. The summed E-state index contributed by atoms with van der Waals surface area (Å²) in [6.45, 7) is 1.44. The van der Waals surface area contributed by atoms with E-state index in [0.717, 1.165) is 28.1 Å². The van der Waals surface area contributed by atoms with E-state index < -0.39 is 0 Å². The van der Waals surface area contributed by atoms with Crippen LogP contribution in [0.1, 0.15) is 17.4 Å². The van der Waals surface area contributed by atoms with Crippen LogP contribution >= 0.6 is 15.9 Å². The Hall–Kier alpha value is -2.65. The topological polar surface area (TPSA) is 64.4 Å². The molecule has 3 aromatic rings. The van der Waals surface area contributed by atoms with Gasteiger partial charge in [-0.3, -0.25) is 9.47 Å². The fourth-order valence-electron chi connectivity index (χ4n) is 3.54. The lowest BCUT2D eigenvalue weighted by Crippen LogP contribution is -2.35. The number of methoxy groups -OCH3 is 2. The van der Waals surface area contributed by atoms with Crippen LogP contribution in [0.5, 0.6) is 11.5 Å². The van der Waals surface area contributed by atoms with E-state index in [1.54, 1.807) is 26.4 Å². The van der Waals surface area contributed by atoms with Crippen LogP contribution in [0.4, 0.5) is 16.0 Å². The van der Waals surface area contributed by atoms with E-state index in [9.17, 15) is 4.39 Å². The molecular weight excluding hydrogens is 441 g/mol. The van der Waals surface area contributed by atoms with Gasteiger partial charge in [0.25, 0.3) is 0 Å². The van der Waals surface area contributed by atoms with Gasteiger partial charge in [0.05, 0.1) is 32.5 Å². The Morgan fingerprint density at radius 3 is 2.48 bits per heavy atom.